The Labute approximate surface area is 127 Å². The maximum atomic E-state index is 12.1. The Morgan fingerprint density at radius 2 is 1.57 bits per heavy atom. The molecule has 0 amide bonds. The summed E-state index contributed by atoms with van der Waals surface area (Å²) < 4.78 is 12.1. The lowest BCUT2D eigenvalue weighted by Gasteiger charge is -2.38. The molecule has 2 aliphatic rings. The van der Waals surface area contributed by atoms with Crippen molar-refractivity contribution in [2.24, 2.45) is 0 Å². The highest BCUT2D eigenvalue weighted by atomic mass is 19.1. The van der Waals surface area contributed by atoms with Crippen LogP contribution in [0.4, 0.5) is 4.39 Å². The molecular weight excluding hydrogens is 263 g/mol. The third-order valence-electron chi connectivity index (χ3n) is 5.06. The largest absolute Gasteiger partial charge is 0.301 e. The van der Waals surface area contributed by atoms with Crippen molar-refractivity contribution in [2.75, 3.05) is 39.4 Å². The molecule has 1 aromatic carbocycles. The molecule has 1 aliphatic carbocycles. The van der Waals surface area contributed by atoms with Gasteiger partial charge in [0.1, 0.15) is 0 Å². The fraction of sp³-hybridized carbons (Fsp3) is 0.667. The molecule has 0 unspecified atom stereocenters. The van der Waals surface area contributed by atoms with Crippen LogP contribution in [0.25, 0.3) is 0 Å². The van der Waals surface area contributed by atoms with Gasteiger partial charge in [0.25, 0.3) is 0 Å². The monoisotopic (exact) mass is 290 g/mol. The van der Waals surface area contributed by atoms with E-state index in [2.05, 4.69) is 34.1 Å². The van der Waals surface area contributed by atoms with Gasteiger partial charge in [-0.2, -0.15) is 0 Å². The molecule has 3 rings (SSSR count). The van der Waals surface area contributed by atoms with Gasteiger partial charge in [0.15, 0.2) is 0 Å². The zero-order valence-corrected chi connectivity index (χ0v) is 12.9. The first-order valence-electron chi connectivity index (χ1n) is 8.46. The van der Waals surface area contributed by atoms with Gasteiger partial charge in [-0.25, -0.2) is 0 Å². The standard InChI is InChI=1S/C18H27FN2/c19-8-4-1-5-9-20-10-12-21(13-11-20)18-14-16-6-2-3-7-17(16)15-18/h2-3,6-7,18H,1,4-5,8-15H2. The van der Waals surface area contributed by atoms with Crippen LogP contribution in [-0.4, -0.2) is 55.2 Å². The Kier molecular flexibility index (Phi) is 5.26. The predicted octanol–water partition coefficient (Wildman–Crippen LogP) is 2.91. The summed E-state index contributed by atoms with van der Waals surface area (Å²) >= 11 is 0. The molecule has 0 saturated carbocycles. The fourth-order valence-electron chi connectivity index (χ4n) is 3.75. The average molecular weight is 290 g/mol. The lowest BCUT2D eigenvalue weighted by molar-refractivity contribution is 0.0979. The minimum Gasteiger partial charge on any atom is -0.301 e. The van der Waals surface area contributed by atoms with Crippen molar-refractivity contribution in [3.05, 3.63) is 35.4 Å². The summed E-state index contributed by atoms with van der Waals surface area (Å²) in [5.41, 5.74) is 3.10. The van der Waals surface area contributed by atoms with Crippen molar-refractivity contribution < 1.29 is 4.39 Å². The number of fused-ring (bicyclic) bond motifs is 1. The van der Waals surface area contributed by atoms with Gasteiger partial charge >= 0.3 is 0 Å². The second kappa shape index (κ2) is 7.37. The summed E-state index contributed by atoms with van der Waals surface area (Å²) in [6, 6.07) is 9.62. The van der Waals surface area contributed by atoms with Crippen molar-refractivity contribution >= 4 is 0 Å². The number of hydrogen-bond acceptors (Lipinski definition) is 2. The molecule has 0 aromatic heterocycles. The lowest BCUT2D eigenvalue weighted by atomic mass is 10.1. The number of benzene rings is 1. The van der Waals surface area contributed by atoms with E-state index in [1.807, 2.05) is 0 Å². The van der Waals surface area contributed by atoms with Crippen LogP contribution in [0.15, 0.2) is 24.3 Å². The highest BCUT2D eigenvalue weighted by molar-refractivity contribution is 5.33. The van der Waals surface area contributed by atoms with Gasteiger partial charge in [0, 0.05) is 32.2 Å². The highest BCUT2D eigenvalue weighted by Gasteiger charge is 2.28. The van der Waals surface area contributed by atoms with Crippen LogP contribution < -0.4 is 0 Å². The summed E-state index contributed by atoms with van der Waals surface area (Å²) in [4.78, 5) is 5.23. The Balaban J connectivity index is 1.41. The minimum absolute atomic E-state index is 0.157. The Hall–Kier alpha value is -0.930. The van der Waals surface area contributed by atoms with Gasteiger partial charge in [0.2, 0.25) is 0 Å². The molecule has 0 bridgehead atoms. The lowest BCUT2D eigenvalue weighted by Crippen LogP contribution is -2.50. The van der Waals surface area contributed by atoms with Crippen LogP contribution in [0, 0.1) is 0 Å². The molecule has 116 valence electrons. The van der Waals surface area contributed by atoms with Crippen molar-refractivity contribution in [3.63, 3.8) is 0 Å². The van der Waals surface area contributed by atoms with Crippen molar-refractivity contribution in [2.45, 2.75) is 38.1 Å². The van der Waals surface area contributed by atoms with Crippen LogP contribution in [0.5, 0.6) is 0 Å². The zero-order valence-electron chi connectivity index (χ0n) is 12.9. The summed E-state index contributed by atoms with van der Waals surface area (Å²) in [7, 11) is 0. The van der Waals surface area contributed by atoms with E-state index in [0.29, 0.717) is 0 Å². The molecule has 0 N–H and O–H groups in total. The molecule has 1 aliphatic heterocycles. The molecule has 1 fully saturated rings. The van der Waals surface area contributed by atoms with Crippen LogP contribution in [-0.2, 0) is 12.8 Å². The SMILES string of the molecule is FCCCCCN1CCN(C2Cc3ccccc3C2)CC1. The molecule has 1 heterocycles. The van der Waals surface area contributed by atoms with Crippen LogP contribution in [0.3, 0.4) is 0 Å². The summed E-state index contributed by atoms with van der Waals surface area (Å²) in [6.45, 7) is 5.75. The van der Waals surface area contributed by atoms with E-state index in [4.69, 9.17) is 0 Å². The Morgan fingerprint density at radius 1 is 0.905 bits per heavy atom. The summed E-state index contributed by atoms with van der Waals surface area (Å²) in [6.07, 6.45) is 5.38. The van der Waals surface area contributed by atoms with E-state index in [1.54, 1.807) is 11.1 Å². The molecule has 21 heavy (non-hydrogen) atoms. The van der Waals surface area contributed by atoms with E-state index in [1.165, 1.54) is 39.0 Å². The topological polar surface area (TPSA) is 6.48 Å². The molecule has 0 atom stereocenters. The van der Waals surface area contributed by atoms with Gasteiger partial charge in [-0.3, -0.25) is 9.29 Å². The average Bonchev–Trinajstić information content (AvgIpc) is 2.96. The van der Waals surface area contributed by atoms with Gasteiger partial charge in [-0.05, 0) is 49.8 Å². The third kappa shape index (κ3) is 3.83. The smallest absolute Gasteiger partial charge is 0.0894 e. The fourth-order valence-corrected chi connectivity index (χ4v) is 3.75. The second-order valence-corrected chi connectivity index (χ2v) is 6.46. The molecule has 0 radical (unpaired) electrons. The van der Waals surface area contributed by atoms with Gasteiger partial charge in [-0.1, -0.05) is 24.3 Å². The maximum absolute atomic E-state index is 12.1. The summed E-state index contributed by atoms with van der Waals surface area (Å²) in [5, 5.41) is 0. The van der Waals surface area contributed by atoms with Crippen molar-refractivity contribution in [3.8, 4) is 0 Å². The van der Waals surface area contributed by atoms with Gasteiger partial charge in [-0.15, -0.1) is 0 Å². The van der Waals surface area contributed by atoms with Crippen LogP contribution in [0.1, 0.15) is 30.4 Å². The van der Waals surface area contributed by atoms with Gasteiger partial charge < -0.3 is 4.90 Å². The number of halogens is 1. The van der Waals surface area contributed by atoms with Crippen LogP contribution >= 0.6 is 0 Å². The molecular formula is C18H27FN2. The Bertz CT molecular complexity index is 416. The quantitative estimate of drug-likeness (QED) is 0.743. The number of rotatable bonds is 6. The first kappa shape index (κ1) is 15.0. The summed E-state index contributed by atoms with van der Waals surface area (Å²) in [5.74, 6) is 0. The van der Waals surface area contributed by atoms with Crippen LogP contribution in [0.2, 0.25) is 0 Å². The normalized spacial score (nSPS) is 20.8. The number of unbranched alkanes of at least 4 members (excludes halogenated alkanes) is 2. The number of hydrogen-bond donors (Lipinski definition) is 0. The van der Waals surface area contributed by atoms with E-state index in [9.17, 15) is 4.39 Å². The third-order valence-corrected chi connectivity index (χ3v) is 5.06. The van der Waals surface area contributed by atoms with E-state index in [-0.39, 0.29) is 6.67 Å². The predicted molar refractivity (Wildman–Crippen MR) is 85.5 cm³/mol. The number of nitrogens with zero attached hydrogens (tertiary/aromatic N) is 2. The second-order valence-electron chi connectivity index (χ2n) is 6.46. The van der Waals surface area contributed by atoms with E-state index in [0.717, 1.165) is 31.8 Å². The number of piperazine rings is 1. The molecule has 1 aromatic rings. The van der Waals surface area contributed by atoms with Gasteiger partial charge in [0.05, 0.1) is 6.67 Å². The molecule has 3 heteroatoms. The van der Waals surface area contributed by atoms with Crippen molar-refractivity contribution in [1.29, 1.82) is 0 Å². The number of alkyl halides is 1. The minimum atomic E-state index is -0.157. The molecule has 1 saturated heterocycles. The van der Waals surface area contributed by atoms with E-state index < -0.39 is 0 Å². The molecule has 0 spiro atoms. The van der Waals surface area contributed by atoms with Crippen molar-refractivity contribution in [1.82, 2.24) is 9.80 Å². The highest BCUT2D eigenvalue weighted by Crippen LogP contribution is 2.26. The first-order valence-corrected chi connectivity index (χ1v) is 8.46. The zero-order chi connectivity index (χ0) is 14.5. The Morgan fingerprint density at radius 3 is 2.19 bits per heavy atom. The molecule has 2 nitrogen and oxygen atoms in total. The maximum Gasteiger partial charge on any atom is 0.0894 e. The van der Waals surface area contributed by atoms with E-state index >= 15 is 0 Å². The first-order chi connectivity index (χ1) is 10.4.